The highest BCUT2D eigenvalue weighted by molar-refractivity contribution is 5.93. The first-order chi connectivity index (χ1) is 12.7. The third-order valence-electron chi connectivity index (χ3n) is 6.51. The molecule has 6 heteroatoms. The van der Waals surface area contributed by atoms with Gasteiger partial charge in [-0.3, -0.25) is 15.1 Å². The van der Waals surface area contributed by atoms with E-state index >= 15 is 0 Å². The van der Waals surface area contributed by atoms with E-state index in [1.165, 1.54) is 22.2 Å². The van der Waals surface area contributed by atoms with Gasteiger partial charge in [0.05, 0.1) is 24.0 Å². The molecule has 3 aliphatic heterocycles. The van der Waals surface area contributed by atoms with Gasteiger partial charge in [0.15, 0.2) is 0 Å². The van der Waals surface area contributed by atoms with Crippen molar-refractivity contribution in [3.63, 3.8) is 0 Å². The molecule has 1 aromatic heterocycles. The van der Waals surface area contributed by atoms with Crippen molar-refractivity contribution in [2.75, 3.05) is 13.1 Å². The molecule has 140 valence electrons. The zero-order chi connectivity index (χ0) is 17.8. The molecular formula is C20H28N4O2. The summed E-state index contributed by atoms with van der Waals surface area (Å²) in [5.74, 6) is 5.66. The number of aromatic nitrogens is 1. The zero-order valence-electron chi connectivity index (χ0n) is 14.9. The summed E-state index contributed by atoms with van der Waals surface area (Å²) in [6.45, 7) is 4.10. The summed E-state index contributed by atoms with van der Waals surface area (Å²) in [5, 5.41) is 1.33. The van der Waals surface area contributed by atoms with Gasteiger partial charge in [-0.25, -0.2) is 5.84 Å². The van der Waals surface area contributed by atoms with Gasteiger partial charge in [0, 0.05) is 44.4 Å². The average molecular weight is 356 g/mol. The number of piperidine rings is 1. The first kappa shape index (κ1) is 15.9. The van der Waals surface area contributed by atoms with Crippen LogP contribution in [0.25, 0.3) is 10.9 Å². The topological polar surface area (TPSA) is 83.4 Å². The fraction of sp³-hybridized carbons (Fsp3) is 0.450. The predicted molar refractivity (Wildman–Crippen MR) is 103 cm³/mol. The number of hydrazine groups is 1. The lowest BCUT2D eigenvalue weighted by atomic mass is 9.72. The Balaban J connectivity index is 0.00000112. The molecule has 2 aromatic rings. The van der Waals surface area contributed by atoms with Gasteiger partial charge >= 0.3 is 0 Å². The average Bonchev–Trinajstić information content (AvgIpc) is 3.06. The summed E-state index contributed by atoms with van der Waals surface area (Å²) in [7, 11) is 0. The van der Waals surface area contributed by atoms with Gasteiger partial charge in [-0.15, -0.1) is 0 Å². The molecule has 26 heavy (non-hydrogen) atoms. The lowest BCUT2D eigenvalue weighted by Gasteiger charge is -2.49. The van der Waals surface area contributed by atoms with Crippen molar-refractivity contribution in [2.45, 2.75) is 31.9 Å². The molecule has 0 saturated carbocycles. The van der Waals surface area contributed by atoms with E-state index in [0.29, 0.717) is 17.5 Å². The molecule has 2 unspecified atom stereocenters. The summed E-state index contributed by atoms with van der Waals surface area (Å²) in [4.78, 5) is 18.5. The normalized spacial score (nSPS) is 30.6. The van der Waals surface area contributed by atoms with E-state index in [4.69, 9.17) is 10.6 Å². The Kier molecular flexibility index (Phi) is 3.58. The molecule has 0 bridgehead atoms. The van der Waals surface area contributed by atoms with Gasteiger partial charge in [-0.1, -0.05) is 18.2 Å². The molecule has 1 amide bonds. The number of carbonyl (C=O) groups is 1. The number of H-pyrrole nitrogens is 1. The highest BCUT2D eigenvalue weighted by atomic mass is 16.5. The Bertz CT molecular complexity index is 913. The van der Waals surface area contributed by atoms with Crippen LogP contribution in [0.2, 0.25) is 0 Å². The molecule has 5 rings (SSSR count). The second-order valence-electron chi connectivity index (χ2n) is 7.72. The van der Waals surface area contributed by atoms with Crippen molar-refractivity contribution in [2.24, 2.45) is 17.7 Å². The van der Waals surface area contributed by atoms with Crippen LogP contribution >= 0.6 is 0 Å². The van der Waals surface area contributed by atoms with E-state index in [2.05, 4.69) is 46.5 Å². The van der Waals surface area contributed by atoms with Crippen molar-refractivity contribution >= 4 is 16.8 Å². The minimum atomic E-state index is -0.229. The van der Waals surface area contributed by atoms with Gasteiger partial charge < -0.3 is 9.72 Å². The summed E-state index contributed by atoms with van der Waals surface area (Å²) < 4.78 is 5.77. The highest BCUT2D eigenvalue weighted by Crippen LogP contribution is 2.47. The minimum Gasteiger partial charge on any atom is -0.497 e. The summed E-state index contributed by atoms with van der Waals surface area (Å²) in [6, 6.07) is 8.84. The van der Waals surface area contributed by atoms with Crippen LogP contribution in [-0.2, 0) is 16.0 Å². The van der Waals surface area contributed by atoms with Gasteiger partial charge in [0.2, 0.25) is 0 Å². The maximum Gasteiger partial charge on any atom is 0.264 e. The second kappa shape index (κ2) is 5.86. The first-order valence-corrected chi connectivity index (χ1v) is 9.37. The van der Waals surface area contributed by atoms with Crippen molar-refractivity contribution in [3.8, 4) is 0 Å². The molecule has 4 heterocycles. The number of nitrogens with zero attached hydrogens (tertiary/aromatic N) is 1. The predicted octanol–water partition coefficient (Wildman–Crippen LogP) is 2.49. The first-order valence-electron chi connectivity index (χ1n) is 9.37. The van der Waals surface area contributed by atoms with Crippen LogP contribution in [0.5, 0.6) is 0 Å². The Morgan fingerprint density at radius 2 is 2.27 bits per heavy atom. The van der Waals surface area contributed by atoms with E-state index < -0.39 is 0 Å². The Morgan fingerprint density at radius 3 is 3.12 bits per heavy atom. The van der Waals surface area contributed by atoms with E-state index in [-0.39, 0.29) is 20.8 Å². The fourth-order valence-electron chi connectivity index (χ4n) is 5.17. The fourth-order valence-corrected chi connectivity index (χ4v) is 5.17. The molecular weight excluding hydrogens is 328 g/mol. The van der Waals surface area contributed by atoms with Crippen LogP contribution in [0.15, 0.2) is 36.1 Å². The van der Waals surface area contributed by atoms with Crippen LogP contribution in [0.1, 0.15) is 33.5 Å². The van der Waals surface area contributed by atoms with Gasteiger partial charge in [0.25, 0.3) is 5.91 Å². The second-order valence-corrected chi connectivity index (χ2v) is 7.72. The lowest BCUT2D eigenvalue weighted by Crippen LogP contribution is -2.52. The molecule has 1 saturated heterocycles. The van der Waals surface area contributed by atoms with Crippen LogP contribution in [0.3, 0.4) is 0 Å². The third-order valence-corrected chi connectivity index (χ3v) is 6.51. The molecule has 0 aliphatic carbocycles. The SMILES string of the molecule is C[C@@H]1OC=C(C(=O)NN)C2CC3c4[nH]c5ccccc5c4CCN3C[C@@H]21.[HH].[HH]. The lowest BCUT2D eigenvalue weighted by molar-refractivity contribution is -0.120. The van der Waals surface area contributed by atoms with Gasteiger partial charge in [-0.05, 0) is 31.4 Å². The van der Waals surface area contributed by atoms with Crippen molar-refractivity contribution in [3.05, 3.63) is 47.4 Å². The minimum absolute atomic E-state index is 0. The number of ether oxygens (including phenoxy) is 1. The Hall–Kier alpha value is -2.31. The third kappa shape index (κ3) is 2.22. The van der Waals surface area contributed by atoms with E-state index in [0.717, 1.165) is 25.9 Å². The molecule has 0 radical (unpaired) electrons. The van der Waals surface area contributed by atoms with Gasteiger partial charge in [0.1, 0.15) is 0 Å². The summed E-state index contributed by atoms with van der Waals surface area (Å²) in [5.41, 5.74) is 6.93. The van der Waals surface area contributed by atoms with Crippen molar-refractivity contribution in [1.82, 2.24) is 15.3 Å². The summed E-state index contributed by atoms with van der Waals surface area (Å²) in [6.07, 6.45) is 3.71. The van der Waals surface area contributed by atoms with Crippen LogP contribution in [0, 0.1) is 11.8 Å². The number of amides is 1. The zero-order valence-corrected chi connectivity index (χ0v) is 14.9. The summed E-state index contributed by atoms with van der Waals surface area (Å²) >= 11 is 0. The van der Waals surface area contributed by atoms with Crippen LogP contribution in [-0.4, -0.2) is 35.0 Å². The van der Waals surface area contributed by atoms with E-state index in [1.807, 2.05) is 0 Å². The number of hydrogen-bond acceptors (Lipinski definition) is 4. The molecule has 1 fully saturated rings. The smallest absolute Gasteiger partial charge is 0.264 e. The number of fused-ring (bicyclic) bond motifs is 6. The number of para-hydroxylation sites is 1. The van der Waals surface area contributed by atoms with Gasteiger partial charge in [-0.2, -0.15) is 0 Å². The van der Waals surface area contributed by atoms with E-state index in [9.17, 15) is 4.79 Å². The maximum atomic E-state index is 12.3. The number of rotatable bonds is 1. The van der Waals surface area contributed by atoms with Crippen molar-refractivity contribution < 1.29 is 12.4 Å². The Labute approximate surface area is 155 Å². The monoisotopic (exact) mass is 356 g/mol. The molecule has 4 N–H and O–H groups in total. The number of hydrogen-bond donors (Lipinski definition) is 3. The molecule has 3 aliphatic rings. The van der Waals surface area contributed by atoms with E-state index in [1.54, 1.807) is 6.26 Å². The highest BCUT2D eigenvalue weighted by Gasteiger charge is 2.46. The number of nitrogens with one attached hydrogen (secondary N) is 2. The van der Waals surface area contributed by atoms with Crippen LogP contribution in [0.4, 0.5) is 0 Å². The number of nitrogens with two attached hydrogens (primary N) is 1. The standard InChI is InChI=1S/C20H24N4O2.2H2/c1-11-15-9-24-7-6-13-12-4-2-3-5-17(12)22-19(13)18(24)8-14(15)16(10-26-11)20(25)23-21;;/h2-5,10-11,14-15,18,22H,6-9,21H2,1H3,(H,23,25);2*1H/t11-,14?,15+,18?;;/m0../s1. The quantitative estimate of drug-likeness (QED) is 0.416. The molecule has 0 spiro atoms. The van der Waals surface area contributed by atoms with Crippen LogP contribution < -0.4 is 11.3 Å². The Morgan fingerprint density at radius 1 is 1.42 bits per heavy atom. The van der Waals surface area contributed by atoms with Crippen molar-refractivity contribution in [1.29, 1.82) is 0 Å². The number of aromatic amines is 1. The molecule has 4 atom stereocenters. The molecule has 1 aromatic carbocycles. The number of benzene rings is 1. The molecule has 6 nitrogen and oxygen atoms in total. The largest absolute Gasteiger partial charge is 0.497 e. The maximum absolute atomic E-state index is 12.3. The number of carbonyl (C=O) groups excluding carboxylic acids is 1.